The molecule has 1 atom stereocenters. The summed E-state index contributed by atoms with van der Waals surface area (Å²) < 4.78 is 2.33. The van der Waals surface area contributed by atoms with Crippen LogP contribution in [0.1, 0.15) is 59.2 Å². The lowest BCUT2D eigenvalue weighted by Gasteiger charge is -2.26. The summed E-state index contributed by atoms with van der Waals surface area (Å²) in [6.45, 7) is 11.1. The molecule has 2 heterocycles. The van der Waals surface area contributed by atoms with Crippen molar-refractivity contribution in [2.24, 2.45) is 0 Å². The third-order valence-corrected chi connectivity index (χ3v) is 5.22. The van der Waals surface area contributed by atoms with E-state index in [9.17, 15) is 0 Å². The minimum Gasteiger partial charge on any atom is -0.311 e. The molecule has 1 aliphatic heterocycles. The number of thioether (sulfide) groups is 1. The Kier molecular flexibility index (Phi) is 5.49. The molecule has 1 aliphatic rings. The van der Waals surface area contributed by atoms with E-state index in [1.165, 1.54) is 25.1 Å². The molecular formula is C15H28N4S. The van der Waals surface area contributed by atoms with E-state index in [1.807, 2.05) is 11.8 Å². The fourth-order valence-corrected chi connectivity index (χ4v) is 3.25. The van der Waals surface area contributed by atoms with Crippen molar-refractivity contribution in [3.63, 3.8) is 0 Å². The summed E-state index contributed by atoms with van der Waals surface area (Å²) in [6.07, 6.45) is 6.06. The molecule has 0 radical (unpaired) electrons. The zero-order valence-corrected chi connectivity index (χ0v) is 14.1. The maximum Gasteiger partial charge on any atom is 0.191 e. The second-order valence-corrected chi connectivity index (χ2v) is 7.81. The average Bonchev–Trinajstić information content (AvgIpc) is 2.65. The molecule has 1 N–H and O–H groups in total. The van der Waals surface area contributed by atoms with E-state index in [2.05, 4.69) is 47.8 Å². The van der Waals surface area contributed by atoms with Gasteiger partial charge in [0.25, 0.3) is 0 Å². The van der Waals surface area contributed by atoms with Crippen molar-refractivity contribution < 1.29 is 0 Å². The Labute approximate surface area is 127 Å². The second-order valence-electron chi connectivity index (χ2n) is 6.41. The lowest BCUT2D eigenvalue weighted by atomic mass is 10.0. The van der Waals surface area contributed by atoms with Gasteiger partial charge in [-0.25, -0.2) is 0 Å². The van der Waals surface area contributed by atoms with Gasteiger partial charge in [0, 0.05) is 30.3 Å². The highest BCUT2D eigenvalue weighted by Gasteiger charge is 2.19. The Morgan fingerprint density at radius 2 is 2.10 bits per heavy atom. The summed E-state index contributed by atoms with van der Waals surface area (Å²) in [5, 5.41) is 14.0. The predicted octanol–water partition coefficient (Wildman–Crippen LogP) is 3.26. The molecule has 0 amide bonds. The van der Waals surface area contributed by atoms with Crippen molar-refractivity contribution in [1.82, 2.24) is 20.1 Å². The van der Waals surface area contributed by atoms with Crippen LogP contribution in [0.2, 0.25) is 0 Å². The van der Waals surface area contributed by atoms with E-state index in [-0.39, 0.29) is 5.54 Å². The summed E-state index contributed by atoms with van der Waals surface area (Å²) >= 11 is 1.85. The molecule has 0 fully saturated rings. The Hall–Kier alpha value is -0.550. The number of nitrogens with one attached hydrogen (secondary N) is 1. The van der Waals surface area contributed by atoms with Crippen LogP contribution in [0.4, 0.5) is 0 Å². The summed E-state index contributed by atoms with van der Waals surface area (Å²) in [5.41, 5.74) is 0.219. The Balaban J connectivity index is 1.91. The highest BCUT2D eigenvalue weighted by atomic mass is 32.2. The highest BCUT2D eigenvalue weighted by Crippen LogP contribution is 2.25. The van der Waals surface area contributed by atoms with Gasteiger partial charge in [-0.3, -0.25) is 0 Å². The minimum atomic E-state index is 0.219. The van der Waals surface area contributed by atoms with Crippen molar-refractivity contribution in [2.45, 2.75) is 82.3 Å². The maximum absolute atomic E-state index is 4.39. The number of rotatable bonds is 6. The molecule has 0 saturated heterocycles. The molecule has 20 heavy (non-hydrogen) atoms. The zero-order valence-electron chi connectivity index (χ0n) is 13.3. The molecule has 0 saturated carbocycles. The third kappa shape index (κ3) is 4.22. The van der Waals surface area contributed by atoms with Crippen molar-refractivity contribution >= 4 is 11.8 Å². The number of hydrogen-bond acceptors (Lipinski definition) is 4. The van der Waals surface area contributed by atoms with E-state index in [1.54, 1.807) is 0 Å². The largest absolute Gasteiger partial charge is 0.311 e. The van der Waals surface area contributed by atoms with Crippen LogP contribution >= 0.6 is 11.8 Å². The van der Waals surface area contributed by atoms with Crippen LogP contribution in [0.3, 0.4) is 0 Å². The van der Waals surface area contributed by atoms with Crippen LogP contribution in [0.15, 0.2) is 5.16 Å². The molecule has 1 aromatic rings. The SMILES string of the molecule is CCC(C)(C)NCC(C)Sc1nnc2n1CCCCC2. The lowest BCUT2D eigenvalue weighted by Crippen LogP contribution is -2.41. The number of fused-ring (bicyclic) bond motifs is 1. The van der Waals surface area contributed by atoms with Gasteiger partial charge < -0.3 is 9.88 Å². The van der Waals surface area contributed by atoms with Crippen LogP contribution < -0.4 is 5.32 Å². The Bertz CT molecular complexity index is 428. The first-order valence-electron chi connectivity index (χ1n) is 7.85. The third-order valence-electron chi connectivity index (χ3n) is 4.13. The molecule has 2 rings (SSSR count). The van der Waals surface area contributed by atoms with Gasteiger partial charge in [-0.2, -0.15) is 0 Å². The molecular weight excluding hydrogens is 268 g/mol. The summed E-state index contributed by atoms with van der Waals surface area (Å²) in [4.78, 5) is 0. The normalized spacial score (nSPS) is 17.6. The van der Waals surface area contributed by atoms with Gasteiger partial charge in [-0.15, -0.1) is 10.2 Å². The van der Waals surface area contributed by atoms with Crippen LogP contribution in [0.25, 0.3) is 0 Å². The molecule has 0 spiro atoms. The van der Waals surface area contributed by atoms with Crippen LogP contribution in [0, 0.1) is 0 Å². The fourth-order valence-electron chi connectivity index (χ4n) is 2.31. The van der Waals surface area contributed by atoms with Gasteiger partial charge in [0.05, 0.1) is 0 Å². The molecule has 0 aliphatic carbocycles. The quantitative estimate of drug-likeness (QED) is 0.818. The van der Waals surface area contributed by atoms with Crippen molar-refractivity contribution in [2.75, 3.05) is 6.54 Å². The molecule has 1 unspecified atom stereocenters. The van der Waals surface area contributed by atoms with E-state index >= 15 is 0 Å². The van der Waals surface area contributed by atoms with Gasteiger partial charge in [0.1, 0.15) is 5.82 Å². The maximum atomic E-state index is 4.39. The van der Waals surface area contributed by atoms with Gasteiger partial charge in [0.15, 0.2) is 5.16 Å². The van der Waals surface area contributed by atoms with Crippen molar-refractivity contribution in [3.8, 4) is 0 Å². The number of aromatic nitrogens is 3. The van der Waals surface area contributed by atoms with Crippen molar-refractivity contribution in [1.29, 1.82) is 0 Å². The lowest BCUT2D eigenvalue weighted by molar-refractivity contribution is 0.379. The average molecular weight is 296 g/mol. The monoisotopic (exact) mass is 296 g/mol. The summed E-state index contributed by atoms with van der Waals surface area (Å²) in [5.74, 6) is 1.18. The molecule has 0 bridgehead atoms. The molecule has 1 aromatic heterocycles. The second kappa shape index (κ2) is 6.94. The smallest absolute Gasteiger partial charge is 0.191 e. The van der Waals surface area contributed by atoms with Crippen LogP contribution in [-0.4, -0.2) is 32.1 Å². The molecule has 114 valence electrons. The predicted molar refractivity (Wildman–Crippen MR) is 85.3 cm³/mol. The van der Waals surface area contributed by atoms with Crippen molar-refractivity contribution in [3.05, 3.63) is 5.82 Å². The Morgan fingerprint density at radius 1 is 1.30 bits per heavy atom. The van der Waals surface area contributed by atoms with Gasteiger partial charge in [-0.1, -0.05) is 32.0 Å². The topological polar surface area (TPSA) is 42.7 Å². The first-order valence-corrected chi connectivity index (χ1v) is 8.73. The zero-order chi connectivity index (χ0) is 14.6. The minimum absolute atomic E-state index is 0.219. The van der Waals surface area contributed by atoms with Gasteiger partial charge in [0.2, 0.25) is 0 Å². The number of nitrogens with zero attached hydrogens (tertiary/aromatic N) is 3. The van der Waals surface area contributed by atoms with E-state index in [0.717, 1.165) is 31.1 Å². The first-order chi connectivity index (χ1) is 9.52. The van der Waals surface area contributed by atoms with Gasteiger partial charge >= 0.3 is 0 Å². The van der Waals surface area contributed by atoms with Crippen LogP contribution in [0.5, 0.6) is 0 Å². The molecule has 0 aromatic carbocycles. The van der Waals surface area contributed by atoms with Gasteiger partial charge in [-0.05, 0) is 33.1 Å². The van der Waals surface area contributed by atoms with E-state index < -0.39 is 0 Å². The fraction of sp³-hybridized carbons (Fsp3) is 0.867. The Morgan fingerprint density at radius 3 is 2.85 bits per heavy atom. The number of aryl methyl sites for hydroxylation is 1. The summed E-state index contributed by atoms with van der Waals surface area (Å²) in [6, 6.07) is 0. The number of hydrogen-bond donors (Lipinski definition) is 1. The van der Waals surface area contributed by atoms with E-state index in [0.29, 0.717) is 5.25 Å². The standard InChI is InChI=1S/C15H28N4S/c1-5-15(3,4)16-11-12(2)20-14-18-17-13-9-7-6-8-10-19(13)14/h12,16H,5-11H2,1-4H3. The summed E-state index contributed by atoms with van der Waals surface area (Å²) in [7, 11) is 0. The van der Waals surface area contributed by atoms with E-state index in [4.69, 9.17) is 0 Å². The molecule has 5 heteroatoms. The highest BCUT2D eigenvalue weighted by molar-refractivity contribution is 7.99. The molecule has 4 nitrogen and oxygen atoms in total. The van der Waals surface area contributed by atoms with Crippen LogP contribution in [-0.2, 0) is 13.0 Å². The first kappa shape index (κ1) is 15.8.